The van der Waals surface area contributed by atoms with Crippen LogP contribution in [0.25, 0.3) is 5.82 Å². The van der Waals surface area contributed by atoms with Gasteiger partial charge in [-0.05, 0) is 6.92 Å². The van der Waals surface area contributed by atoms with Crippen LogP contribution >= 0.6 is 0 Å². The van der Waals surface area contributed by atoms with Crippen molar-refractivity contribution in [3.8, 4) is 5.82 Å². The molecule has 2 aromatic heterocycles. The smallest absolute Gasteiger partial charge is 0.251 e. The van der Waals surface area contributed by atoms with E-state index in [1.165, 1.54) is 10.9 Å². The van der Waals surface area contributed by atoms with Crippen molar-refractivity contribution >= 4 is 11.7 Å². The standard InChI is InChI=1S/C13H18N6O/c1-4-15-10-5-11(18-13(17-10)8(2)3)19-7-9(6-16-19)12(14)20/h5-8H,4H2,1-3H3,(H2,14,20)(H,15,17,18). The molecule has 2 heterocycles. The summed E-state index contributed by atoms with van der Waals surface area (Å²) in [4.78, 5) is 20.0. The molecule has 0 aliphatic heterocycles. The number of anilines is 1. The van der Waals surface area contributed by atoms with Gasteiger partial charge >= 0.3 is 0 Å². The summed E-state index contributed by atoms with van der Waals surface area (Å²) < 4.78 is 1.52. The molecule has 0 atom stereocenters. The number of nitrogens with one attached hydrogen (secondary N) is 1. The number of hydrogen-bond acceptors (Lipinski definition) is 5. The SMILES string of the molecule is CCNc1cc(-n2cc(C(N)=O)cn2)nc(C(C)C)n1. The summed E-state index contributed by atoms with van der Waals surface area (Å²) in [5, 5.41) is 7.27. The van der Waals surface area contributed by atoms with Crippen molar-refractivity contribution < 1.29 is 4.79 Å². The first-order valence-electron chi connectivity index (χ1n) is 6.49. The monoisotopic (exact) mass is 274 g/mol. The van der Waals surface area contributed by atoms with Crippen LogP contribution in [0.3, 0.4) is 0 Å². The highest BCUT2D eigenvalue weighted by atomic mass is 16.1. The average Bonchev–Trinajstić information content (AvgIpc) is 2.88. The minimum absolute atomic E-state index is 0.193. The van der Waals surface area contributed by atoms with Gasteiger partial charge in [-0.15, -0.1) is 0 Å². The summed E-state index contributed by atoms with van der Waals surface area (Å²) in [6, 6.07) is 1.78. The lowest BCUT2D eigenvalue weighted by molar-refractivity contribution is 0.100. The first-order chi connectivity index (χ1) is 9.51. The van der Waals surface area contributed by atoms with Gasteiger partial charge in [0, 0.05) is 24.7 Å². The van der Waals surface area contributed by atoms with E-state index in [4.69, 9.17) is 5.73 Å². The fourth-order valence-electron chi connectivity index (χ4n) is 1.68. The summed E-state index contributed by atoms with van der Waals surface area (Å²) in [5.41, 5.74) is 5.57. The molecular weight excluding hydrogens is 256 g/mol. The van der Waals surface area contributed by atoms with Gasteiger partial charge in [-0.2, -0.15) is 5.10 Å². The Labute approximate surface area is 117 Å². The molecule has 2 rings (SSSR count). The molecule has 0 spiro atoms. The quantitative estimate of drug-likeness (QED) is 0.856. The molecule has 106 valence electrons. The lowest BCUT2D eigenvalue weighted by Gasteiger charge is -2.10. The third kappa shape index (κ3) is 2.93. The molecule has 20 heavy (non-hydrogen) atoms. The minimum atomic E-state index is -0.513. The zero-order valence-corrected chi connectivity index (χ0v) is 11.8. The van der Waals surface area contributed by atoms with Crippen LogP contribution in [-0.4, -0.2) is 32.2 Å². The van der Waals surface area contributed by atoms with Gasteiger partial charge < -0.3 is 11.1 Å². The van der Waals surface area contributed by atoms with E-state index >= 15 is 0 Å². The lowest BCUT2D eigenvalue weighted by Crippen LogP contribution is -2.10. The van der Waals surface area contributed by atoms with Crippen LogP contribution in [0.2, 0.25) is 0 Å². The summed E-state index contributed by atoms with van der Waals surface area (Å²) in [7, 11) is 0. The van der Waals surface area contributed by atoms with E-state index in [1.54, 1.807) is 12.3 Å². The number of primary amides is 1. The molecule has 0 aliphatic rings. The van der Waals surface area contributed by atoms with Crippen molar-refractivity contribution in [3.05, 3.63) is 29.8 Å². The molecule has 1 amide bonds. The molecule has 0 unspecified atom stereocenters. The van der Waals surface area contributed by atoms with Gasteiger partial charge in [0.15, 0.2) is 5.82 Å². The number of amides is 1. The van der Waals surface area contributed by atoms with E-state index in [-0.39, 0.29) is 5.92 Å². The molecule has 2 aromatic rings. The molecule has 7 heteroatoms. The predicted octanol–water partition coefficient (Wildman–Crippen LogP) is 1.32. The molecule has 3 N–H and O–H groups in total. The molecule has 0 saturated carbocycles. The number of hydrogen-bond donors (Lipinski definition) is 2. The van der Waals surface area contributed by atoms with Crippen LogP contribution in [0.1, 0.15) is 42.9 Å². The van der Waals surface area contributed by atoms with Crippen LogP contribution in [0, 0.1) is 0 Å². The Morgan fingerprint density at radius 1 is 1.45 bits per heavy atom. The largest absolute Gasteiger partial charge is 0.370 e. The van der Waals surface area contributed by atoms with Crippen LogP contribution in [0.4, 0.5) is 5.82 Å². The third-order valence-electron chi connectivity index (χ3n) is 2.71. The molecule has 0 bridgehead atoms. The van der Waals surface area contributed by atoms with E-state index in [9.17, 15) is 4.79 Å². The Bertz CT molecular complexity index is 619. The van der Waals surface area contributed by atoms with Crippen molar-refractivity contribution in [2.75, 3.05) is 11.9 Å². The van der Waals surface area contributed by atoms with Crippen molar-refractivity contribution in [1.82, 2.24) is 19.7 Å². The fraction of sp³-hybridized carbons (Fsp3) is 0.385. The fourth-order valence-corrected chi connectivity index (χ4v) is 1.68. The normalized spacial score (nSPS) is 10.8. The molecule has 0 fully saturated rings. The van der Waals surface area contributed by atoms with Crippen molar-refractivity contribution in [2.45, 2.75) is 26.7 Å². The maximum Gasteiger partial charge on any atom is 0.251 e. The van der Waals surface area contributed by atoms with Gasteiger partial charge in [0.25, 0.3) is 5.91 Å². The van der Waals surface area contributed by atoms with Crippen LogP contribution in [0.15, 0.2) is 18.5 Å². The number of rotatable bonds is 5. The van der Waals surface area contributed by atoms with E-state index in [2.05, 4.69) is 20.4 Å². The maximum absolute atomic E-state index is 11.1. The second kappa shape index (κ2) is 5.68. The summed E-state index contributed by atoms with van der Waals surface area (Å²) >= 11 is 0. The highest BCUT2D eigenvalue weighted by Crippen LogP contribution is 2.16. The zero-order chi connectivity index (χ0) is 14.7. The molecular formula is C13H18N6O. The van der Waals surface area contributed by atoms with Gasteiger partial charge in [0.2, 0.25) is 0 Å². The Balaban J connectivity index is 2.45. The summed E-state index contributed by atoms with van der Waals surface area (Å²) in [5.74, 6) is 1.74. The minimum Gasteiger partial charge on any atom is -0.370 e. The Kier molecular flexibility index (Phi) is 3.97. The van der Waals surface area contributed by atoms with Crippen LogP contribution in [0.5, 0.6) is 0 Å². The Morgan fingerprint density at radius 3 is 2.75 bits per heavy atom. The van der Waals surface area contributed by atoms with Crippen molar-refractivity contribution in [1.29, 1.82) is 0 Å². The lowest BCUT2D eigenvalue weighted by atomic mass is 10.2. The average molecular weight is 274 g/mol. The molecule has 7 nitrogen and oxygen atoms in total. The van der Waals surface area contributed by atoms with Gasteiger partial charge in [-0.3, -0.25) is 4.79 Å². The van der Waals surface area contributed by atoms with Gasteiger partial charge in [0.05, 0.1) is 11.8 Å². The Morgan fingerprint density at radius 2 is 2.20 bits per heavy atom. The Hall–Kier alpha value is -2.44. The topological polar surface area (TPSA) is 98.7 Å². The second-order valence-corrected chi connectivity index (χ2v) is 4.69. The first kappa shape index (κ1) is 14.0. The van der Waals surface area contributed by atoms with Crippen LogP contribution < -0.4 is 11.1 Å². The third-order valence-corrected chi connectivity index (χ3v) is 2.71. The maximum atomic E-state index is 11.1. The molecule has 0 aliphatic carbocycles. The number of carbonyl (C=O) groups is 1. The van der Waals surface area contributed by atoms with Gasteiger partial charge in [-0.25, -0.2) is 14.6 Å². The number of carbonyl (C=O) groups excluding carboxylic acids is 1. The van der Waals surface area contributed by atoms with Gasteiger partial charge in [0.1, 0.15) is 11.6 Å². The number of aromatic nitrogens is 4. The van der Waals surface area contributed by atoms with E-state index in [0.29, 0.717) is 11.4 Å². The molecule has 0 aromatic carbocycles. The highest BCUT2D eigenvalue weighted by molar-refractivity contribution is 5.92. The molecule has 0 radical (unpaired) electrons. The van der Waals surface area contributed by atoms with E-state index in [1.807, 2.05) is 20.8 Å². The molecule has 0 saturated heterocycles. The number of nitrogens with two attached hydrogens (primary N) is 1. The van der Waals surface area contributed by atoms with Gasteiger partial charge in [-0.1, -0.05) is 13.8 Å². The summed E-state index contributed by atoms with van der Waals surface area (Å²) in [6.07, 6.45) is 2.98. The highest BCUT2D eigenvalue weighted by Gasteiger charge is 2.11. The zero-order valence-electron chi connectivity index (χ0n) is 11.8. The second-order valence-electron chi connectivity index (χ2n) is 4.69. The van der Waals surface area contributed by atoms with Crippen molar-refractivity contribution in [3.63, 3.8) is 0 Å². The number of nitrogens with zero attached hydrogens (tertiary/aromatic N) is 4. The van der Waals surface area contributed by atoms with Crippen molar-refractivity contribution in [2.24, 2.45) is 5.73 Å². The predicted molar refractivity (Wildman–Crippen MR) is 75.9 cm³/mol. The summed E-state index contributed by atoms with van der Waals surface area (Å²) in [6.45, 7) is 6.80. The van der Waals surface area contributed by atoms with E-state index < -0.39 is 5.91 Å². The first-order valence-corrected chi connectivity index (χ1v) is 6.49. The van der Waals surface area contributed by atoms with Crippen LogP contribution in [-0.2, 0) is 0 Å². The van der Waals surface area contributed by atoms with E-state index in [0.717, 1.165) is 18.2 Å².